The molecule has 1 atom stereocenters. The number of nitrogens with two attached hydrogens (primary N) is 1. The van der Waals surface area contributed by atoms with Gasteiger partial charge in [0.15, 0.2) is 0 Å². The Balaban J connectivity index is 3.97. The molecule has 0 aromatic heterocycles. The number of hydrogen-bond donors (Lipinski definition) is 2. The molecule has 0 aliphatic rings. The van der Waals surface area contributed by atoms with Gasteiger partial charge in [-0.1, -0.05) is 6.92 Å². The van der Waals surface area contributed by atoms with E-state index in [9.17, 15) is 4.79 Å². The van der Waals surface area contributed by atoms with E-state index in [-0.39, 0.29) is 5.91 Å². The van der Waals surface area contributed by atoms with Crippen LogP contribution in [0.1, 0.15) is 20.3 Å². The summed E-state index contributed by atoms with van der Waals surface area (Å²) < 4.78 is 0. The van der Waals surface area contributed by atoms with E-state index in [1.54, 1.807) is 14.0 Å². The van der Waals surface area contributed by atoms with Crippen molar-refractivity contribution < 1.29 is 4.79 Å². The Bertz CT molecular complexity index is 110. The molecule has 0 radical (unpaired) electrons. The molecule has 1 amide bonds. The van der Waals surface area contributed by atoms with E-state index in [2.05, 4.69) is 5.32 Å². The molecular formula is C6H14N2O. The van der Waals surface area contributed by atoms with Gasteiger partial charge in [-0.3, -0.25) is 4.79 Å². The van der Waals surface area contributed by atoms with Crippen LogP contribution in [0, 0.1) is 0 Å². The summed E-state index contributed by atoms with van der Waals surface area (Å²) in [6.07, 6.45) is 0.659. The van der Waals surface area contributed by atoms with Crippen molar-refractivity contribution in [1.29, 1.82) is 0 Å². The highest BCUT2D eigenvalue weighted by Crippen LogP contribution is 2.02. The monoisotopic (exact) mass is 130 g/mol. The average Bonchev–Trinajstić information content (AvgIpc) is 1.86. The summed E-state index contributed by atoms with van der Waals surface area (Å²) in [4.78, 5) is 10.8. The van der Waals surface area contributed by atoms with Gasteiger partial charge in [-0.15, -0.1) is 0 Å². The van der Waals surface area contributed by atoms with Crippen molar-refractivity contribution in [3.8, 4) is 0 Å². The van der Waals surface area contributed by atoms with E-state index >= 15 is 0 Å². The third-order valence-corrected chi connectivity index (χ3v) is 1.48. The Kier molecular flexibility index (Phi) is 2.65. The van der Waals surface area contributed by atoms with Gasteiger partial charge in [0.05, 0.1) is 5.54 Å². The number of carbonyl (C=O) groups excluding carboxylic acids is 1. The SMILES string of the molecule is CC[C@](C)(N)C(=O)NC. The van der Waals surface area contributed by atoms with Gasteiger partial charge in [0.2, 0.25) is 5.91 Å². The molecule has 0 aliphatic carbocycles. The fraction of sp³-hybridized carbons (Fsp3) is 0.833. The number of likely N-dealkylation sites (N-methyl/N-ethyl adjacent to an activating group) is 1. The number of amides is 1. The van der Waals surface area contributed by atoms with Gasteiger partial charge < -0.3 is 11.1 Å². The molecule has 0 fully saturated rings. The van der Waals surface area contributed by atoms with Crippen molar-refractivity contribution in [2.24, 2.45) is 5.73 Å². The van der Waals surface area contributed by atoms with Crippen LogP contribution in [-0.4, -0.2) is 18.5 Å². The molecule has 0 bridgehead atoms. The second-order valence-electron chi connectivity index (χ2n) is 2.35. The maximum absolute atomic E-state index is 10.8. The lowest BCUT2D eigenvalue weighted by Gasteiger charge is -2.19. The van der Waals surface area contributed by atoms with Crippen LogP contribution in [0.4, 0.5) is 0 Å². The van der Waals surface area contributed by atoms with E-state index in [0.29, 0.717) is 6.42 Å². The standard InChI is InChI=1S/C6H14N2O/c1-4-6(2,7)5(9)8-3/h4,7H2,1-3H3,(H,8,9)/t6-/m0/s1. The Labute approximate surface area is 55.6 Å². The van der Waals surface area contributed by atoms with Gasteiger partial charge in [-0.05, 0) is 13.3 Å². The summed E-state index contributed by atoms with van der Waals surface area (Å²) in [6.45, 7) is 3.60. The number of hydrogen-bond acceptors (Lipinski definition) is 2. The first-order valence-corrected chi connectivity index (χ1v) is 3.05. The average molecular weight is 130 g/mol. The second kappa shape index (κ2) is 2.82. The van der Waals surface area contributed by atoms with Crippen molar-refractivity contribution in [2.75, 3.05) is 7.05 Å². The fourth-order valence-electron chi connectivity index (χ4n) is 0.446. The minimum Gasteiger partial charge on any atom is -0.358 e. The summed E-state index contributed by atoms with van der Waals surface area (Å²) in [5.41, 5.74) is 4.86. The van der Waals surface area contributed by atoms with Crippen LogP contribution in [0.5, 0.6) is 0 Å². The van der Waals surface area contributed by atoms with Gasteiger partial charge in [0.1, 0.15) is 0 Å². The zero-order chi connectivity index (χ0) is 7.49. The third-order valence-electron chi connectivity index (χ3n) is 1.48. The molecule has 54 valence electrons. The molecule has 0 spiro atoms. The zero-order valence-electron chi connectivity index (χ0n) is 6.19. The normalized spacial score (nSPS) is 16.4. The summed E-state index contributed by atoms with van der Waals surface area (Å²) in [5.74, 6) is -0.106. The Morgan fingerprint density at radius 2 is 2.22 bits per heavy atom. The van der Waals surface area contributed by atoms with E-state index in [4.69, 9.17) is 5.73 Å². The van der Waals surface area contributed by atoms with Gasteiger partial charge in [0.25, 0.3) is 0 Å². The minimum atomic E-state index is -0.700. The van der Waals surface area contributed by atoms with E-state index in [0.717, 1.165) is 0 Å². The van der Waals surface area contributed by atoms with Crippen LogP contribution in [0.25, 0.3) is 0 Å². The Morgan fingerprint density at radius 3 is 2.33 bits per heavy atom. The van der Waals surface area contributed by atoms with Gasteiger partial charge in [0, 0.05) is 7.05 Å². The van der Waals surface area contributed by atoms with E-state index in [1.165, 1.54) is 0 Å². The molecule has 3 nitrogen and oxygen atoms in total. The van der Waals surface area contributed by atoms with Crippen LogP contribution in [0.3, 0.4) is 0 Å². The lowest BCUT2D eigenvalue weighted by Crippen LogP contribution is -2.49. The summed E-state index contributed by atoms with van der Waals surface area (Å²) >= 11 is 0. The van der Waals surface area contributed by atoms with Crippen LogP contribution in [0.2, 0.25) is 0 Å². The molecular weight excluding hydrogens is 116 g/mol. The van der Waals surface area contributed by atoms with Crippen molar-refractivity contribution in [3.05, 3.63) is 0 Å². The topological polar surface area (TPSA) is 55.1 Å². The van der Waals surface area contributed by atoms with E-state index < -0.39 is 5.54 Å². The fourth-order valence-corrected chi connectivity index (χ4v) is 0.446. The lowest BCUT2D eigenvalue weighted by molar-refractivity contribution is -0.125. The van der Waals surface area contributed by atoms with E-state index in [1.807, 2.05) is 6.92 Å². The first-order valence-electron chi connectivity index (χ1n) is 3.05. The largest absolute Gasteiger partial charge is 0.358 e. The summed E-state index contributed by atoms with van der Waals surface area (Å²) in [6, 6.07) is 0. The maximum Gasteiger partial charge on any atom is 0.239 e. The molecule has 0 unspecified atom stereocenters. The third kappa shape index (κ3) is 2.01. The molecule has 0 heterocycles. The molecule has 0 saturated carbocycles. The predicted molar refractivity (Wildman–Crippen MR) is 37.0 cm³/mol. The van der Waals surface area contributed by atoms with Crippen LogP contribution >= 0.6 is 0 Å². The molecule has 3 N–H and O–H groups in total. The lowest BCUT2D eigenvalue weighted by atomic mass is 10.00. The first-order chi connectivity index (χ1) is 4.04. The minimum absolute atomic E-state index is 0.106. The number of carbonyl (C=O) groups is 1. The molecule has 0 aromatic rings. The molecule has 0 aromatic carbocycles. The van der Waals surface area contributed by atoms with Crippen molar-refractivity contribution in [3.63, 3.8) is 0 Å². The van der Waals surface area contributed by atoms with Gasteiger partial charge in [-0.25, -0.2) is 0 Å². The number of nitrogens with one attached hydrogen (secondary N) is 1. The first kappa shape index (κ1) is 8.43. The van der Waals surface area contributed by atoms with Crippen LogP contribution in [-0.2, 0) is 4.79 Å². The number of rotatable bonds is 2. The molecule has 3 heteroatoms. The summed E-state index contributed by atoms with van der Waals surface area (Å²) in [7, 11) is 1.59. The van der Waals surface area contributed by atoms with Gasteiger partial charge in [-0.2, -0.15) is 0 Å². The Hall–Kier alpha value is -0.570. The van der Waals surface area contributed by atoms with Crippen molar-refractivity contribution in [2.45, 2.75) is 25.8 Å². The smallest absolute Gasteiger partial charge is 0.239 e. The molecule has 9 heavy (non-hydrogen) atoms. The van der Waals surface area contributed by atoms with Crippen molar-refractivity contribution in [1.82, 2.24) is 5.32 Å². The van der Waals surface area contributed by atoms with Gasteiger partial charge >= 0.3 is 0 Å². The molecule has 0 rings (SSSR count). The van der Waals surface area contributed by atoms with Crippen LogP contribution in [0.15, 0.2) is 0 Å². The van der Waals surface area contributed by atoms with Crippen molar-refractivity contribution >= 4 is 5.91 Å². The maximum atomic E-state index is 10.8. The quantitative estimate of drug-likeness (QED) is 0.546. The Morgan fingerprint density at radius 1 is 1.78 bits per heavy atom. The highest BCUT2D eigenvalue weighted by molar-refractivity contribution is 5.85. The van der Waals surface area contributed by atoms with Crippen LogP contribution < -0.4 is 11.1 Å². The highest BCUT2D eigenvalue weighted by atomic mass is 16.2. The second-order valence-corrected chi connectivity index (χ2v) is 2.35. The highest BCUT2D eigenvalue weighted by Gasteiger charge is 2.23. The zero-order valence-corrected chi connectivity index (χ0v) is 6.19. The molecule has 0 saturated heterocycles. The molecule has 0 aliphatic heterocycles. The summed E-state index contributed by atoms with van der Waals surface area (Å²) in [5, 5.41) is 2.49. The predicted octanol–water partition coefficient (Wildman–Crippen LogP) is -0.140.